The molecule has 5 rings (SSSR count). The van der Waals surface area contributed by atoms with Gasteiger partial charge in [0, 0.05) is 31.5 Å². The Labute approximate surface area is 209 Å². The van der Waals surface area contributed by atoms with Crippen LogP contribution in [0.4, 0.5) is 15.9 Å². The number of ether oxygens (including phenoxy) is 2. The minimum Gasteiger partial charge on any atom is -0.493 e. The lowest BCUT2D eigenvalue weighted by Gasteiger charge is -2.19. The molecule has 2 aromatic carbocycles. The number of aromatic nitrogens is 2. The number of methoxy groups -OCH3 is 1. The van der Waals surface area contributed by atoms with Crippen molar-refractivity contribution in [1.29, 1.82) is 0 Å². The maximum Gasteiger partial charge on any atom is 0.219 e. The first-order valence-corrected chi connectivity index (χ1v) is 11.9. The van der Waals surface area contributed by atoms with Crippen LogP contribution >= 0.6 is 11.6 Å². The van der Waals surface area contributed by atoms with Gasteiger partial charge in [-0.3, -0.25) is 4.79 Å². The molecule has 2 radical (unpaired) electrons. The van der Waals surface area contributed by atoms with Gasteiger partial charge in [-0.25, -0.2) is 14.4 Å². The Kier molecular flexibility index (Phi) is 6.44. The normalized spacial score (nSPS) is 21.3. The summed E-state index contributed by atoms with van der Waals surface area (Å²) in [7, 11) is 7.24. The highest BCUT2D eigenvalue weighted by Crippen LogP contribution is 2.42. The van der Waals surface area contributed by atoms with Crippen LogP contribution in [0.25, 0.3) is 10.9 Å². The lowest BCUT2D eigenvalue weighted by atomic mass is 9.96. The number of benzene rings is 2. The number of nitrogens with zero attached hydrogens (tertiary/aromatic N) is 3. The molecule has 180 valence electrons. The summed E-state index contributed by atoms with van der Waals surface area (Å²) in [5.74, 6) is 2.56. The third kappa shape index (κ3) is 4.61. The Bertz CT molecular complexity index is 1280. The quantitative estimate of drug-likeness (QED) is 0.525. The topological polar surface area (TPSA) is 76.6 Å². The zero-order valence-electron chi connectivity index (χ0n) is 19.6. The van der Waals surface area contributed by atoms with Crippen molar-refractivity contribution < 1.29 is 18.7 Å². The fraction of sp³-hybridized carbons (Fsp3) is 0.400. The molecule has 7 nitrogen and oxygen atoms in total. The van der Waals surface area contributed by atoms with Crippen molar-refractivity contribution in [3.05, 3.63) is 41.4 Å². The van der Waals surface area contributed by atoms with E-state index in [0.29, 0.717) is 52.6 Å². The van der Waals surface area contributed by atoms with Crippen LogP contribution in [-0.4, -0.2) is 55.4 Å². The van der Waals surface area contributed by atoms with Gasteiger partial charge in [-0.2, -0.15) is 0 Å². The first-order valence-electron chi connectivity index (χ1n) is 11.6. The molecule has 2 heterocycles. The molecule has 10 heteroatoms. The molecule has 35 heavy (non-hydrogen) atoms. The van der Waals surface area contributed by atoms with E-state index in [-0.39, 0.29) is 22.1 Å². The van der Waals surface area contributed by atoms with Crippen molar-refractivity contribution in [2.45, 2.75) is 19.8 Å². The number of amides is 1. The highest BCUT2D eigenvalue weighted by molar-refractivity contribution is 6.45. The lowest BCUT2D eigenvalue weighted by Crippen LogP contribution is -2.27. The molecule has 1 saturated heterocycles. The molecular weight excluding hydrogens is 470 g/mol. The molecule has 1 saturated carbocycles. The third-order valence-corrected chi connectivity index (χ3v) is 7.44. The van der Waals surface area contributed by atoms with Crippen molar-refractivity contribution in [3.8, 4) is 11.5 Å². The lowest BCUT2D eigenvalue weighted by molar-refractivity contribution is -0.128. The SMILES string of the molecule is [B]c1ccc(Nc2ncnc3cc(OCC4C[C@@H]5CN(C(C)=O)C[C@@H]5C4)c(OC)cc23)c(F)c1Cl. The van der Waals surface area contributed by atoms with Gasteiger partial charge in [0.2, 0.25) is 5.91 Å². The minimum absolute atomic E-state index is 0.147. The molecular formula is C25H25BClFN4O3. The Hall–Kier alpha value is -3.07. The second kappa shape index (κ2) is 9.53. The molecule has 1 amide bonds. The third-order valence-electron chi connectivity index (χ3n) is 7.05. The van der Waals surface area contributed by atoms with E-state index in [1.165, 1.54) is 18.5 Å². The highest BCUT2D eigenvalue weighted by Gasteiger charge is 2.41. The Balaban J connectivity index is 1.33. The molecule has 3 aromatic rings. The number of halogens is 2. The van der Waals surface area contributed by atoms with E-state index < -0.39 is 5.82 Å². The summed E-state index contributed by atoms with van der Waals surface area (Å²) >= 11 is 5.95. The van der Waals surface area contributed by atoms with Crippen LogP contribution in [0.5, 0.6) is 11.5 Å². The molecule has 1 N–H and O–H groups in total. The molecule has 1 aromatic heterocycles. The van der Waals surface area contributed by atoms with Crippen LogP contribution in [0, 0.1) is 23.6 Å². The molecule has 2 fully saturated rings. The predicted octanol–water partition coefficient (Wildman–Crippen LogP) is 3.85. The minimum atomic E-state index is -0.655. The summed E-state index contributed by atoms with van der Waals surface area (Å²) < 4.78 is 26.3. The van der Waals surface area contributed by atoms with Crippen molar-refractivity contribution in [3.63, 3.8) is 0 Å². The molecule has 2 aliphatic rings. The van der Waals surface area contributed by atoms with Crippen LogP contribution in [-0.2, 0) is 4.79 Å². The summed E-state index contributed by atoms with van der Waals surface area (Å²) in [6.45, 7) is 3.91. The predicted molar refractivity (Wildman–Crippen MR) is 134 cm³/mol. The second-order valence-corrected chi connectivity index (χ2v) is 9.67. The largest absolute Gasteiger partial charge is 0.493 e. The van der Waals surface area contributed by atoms with Crippen molar-refractivity contribution in [1.82, 2.24) is 14.9 Å². The molecule has 1 unspecified atom stereocenters. The number of nitrogens with one attached hydrogen (secondary N) is 1. The zero-order chi connectivity index (χ0) is 24.7. The Morgan fingerprint density at radius 1 is 1.23 bits per heavy atom. The summed E-state index contributed by atoms with van der Waals surface area (Å²) in [5.41, 5.74) is 0.937. The average molecular weight is 495 g/mol. The zero-order valence-corrected chi connectivity index (χ0v) is 20.3. The van der Waals surface area contributed by atoms with E-state index in [1.54, 1.807) is 26.2 Å². The maximum atomic E-state index is 14.6. The van der Waals surface area contributed by atoms with E-state index in [0.717, 1.165) is 25.9 Å². The maximum absolute atomic E-state index is 14.6. The number of rotatable bonds is 6. The Morgan fingerprint density at radius 2 is 1.97 bits per heavy atom. The number of hydrogen-bond donors (Lipinski definition) is 1. The van der Waals surface area contributed by atoms with Gasteiger partial charge in [0.15, 0.2) is 17.3 Å². The first-order chi connectivity index (χ1) is 16.8. The average Bonchev–Trinajstić information content (AvgIpc) is 3.42. The van der Waals surface area contributed by atoms with Crippen molar-refractivity contribution in [2.24, 2.45) is 17.8 Å². The van der Waals surface area contributed by atoms with E-state index in [9.17, 15) is 9.18 Å². The highest BCUT2D eigenvalue weighted by atomic mass is 35.5. The van der Waals surface area contributed by atoms with Crippen LogP contribution in [0.2, 0.25) is 5.02 Å². The number of carbonyl (C=O) groups excluding carboxylic acids is 1. The molecule has 0 bridgehead atoms. The fourth-order valence-corrected chi connectivity index (χ4v) is 5.42. The molecule has 3 atom stereocenters. The van der Waals surface area contributed by atoms with Gasteiger partial charge >= 0.3 is 0 Å². The number of likely N-dealkylation sites (tertiary alicyclic amines) is 1. The summed E-state index contributed by atoms with van der Waals surface area (Å²) in [6, 6.07) is 6.61. The van der Waals surface area contributed by atoms with Crippen LogP contribution in [0.1, 0.15) is 19.8 Å². The summed E-state index contributed by atoms with van der Waals surface area (Å²) in [5, 5.41) is 3.47. The Morgan fingerprint density at radius 3 is 2.66 bits per heavy atom. The van der Waals surface area contributed by atoms with E-state index in [1.807, 2.05) is 4.90 Å². The number of carbonyl (C=O) groups is 1. The van der Waals surface area contributed by atoms with Gasteiger partial charge in [0.25, 0.3) is 0 Å². The van der Waals surface area contributed by atoms with Crippen molar-refractivity contribution in [2.75, 3.05) is 32.1 Å². The smallest absolute Gasteiger partial charge is 0.219 e. The first kappa shape index (κ1) is 23.7. The molecule has 1 aliphatic carbocycles. The molecule has 1 aliphatic heterocycles. The van der Waals surface area contributed by atoms with Crippen molar-refractivity contribution >= 4 is 53.2 Å². The van der Waals surface area contributed by atoms with Crippen LogP contribution < -0.4 is 20.3 Å². The standard InChI is InChI=1S/C25H25BClFN4O3/c1-13(33)32-9-15-5-14(6-16(15)10-32)11-35-22-8-20-17(7-21(22)34-2)25(30-12-29-20)31-19-4-3-18(26)23(27)24(19)28/h3-4,7-8,12,14-16H,5-6,9-11H2,1-2H3,(H,29,30,31)/t14?,15-,16+. The molecule has 0 spiro atoms. The monoisotopic (exact) mass is 494 g/mol. The van der Waals surface area contributed by atoms with E-state index in [2.05, 4.69) is 15.3 Å². The summed E-state index contributed by atoms with van der Waals surface area (Å²) in [6.07, 6.45) is 3.50. The van der Waals surface area contributed by atoms with Crippen LogP contribution in [0.15, 0.2) is 30.6 Å². The van der Waals surface area contributed by atoms with Crippen LogP contribution in [0.3, 0.4) is 0 Å². The van der Waals surface area contributed by atoms with Gasteiger partial charge in [0.1, 0.15) is 20.0 Å². The van der Waals surface area contributed by atoms with Gasteiger partial charge in [-0.1, -0.05) is 23.1 Å². The second-order valence-electron chi connectivity index (χ2n) is 9.29. The van der Waals surface area contributed by atoms with E-state index >= 15 is 0 Å². The van der Waals surface area contributed by atoms with Gasteiger partial charge in [-0.05, 0) is 42.7 Å². The van der Waals surface area contributed by atoms with Gasteiger partial charge < -0.3 is 19.7 Å². The van der Waals surface area contributed by atoms with Gasteiger partial charge in [0.05, 0.1) is 29.9 Å². The van der Waals surface area contributed by atoms with Gasteiger partial charge in [-0.15, -0.1) is 0 Å². The number of hydrogen-bond acceptors (Lipinski definition) is 6. The van der Waals surface area contributed by atoms with E-state index in [4.69, 9.17) is 28.9 Å². The number of anilines is 2. The summed E-state index contributed by atoms with van der Waals surface area (Å²) in [4.78, 5) is 22.2. The number of fused-ring (bicyclic) bond motifs is 2. The fourth-order valence-electron chi connectivity index (χ4n) is 5.25.